The number of carbonyl (C=O) groups excluding carboxylic acids is 3. The second kappa shape index (κ2) is 3.39. The predicted octanol–water partition coefficient (Wildman–Crippen LogP) is -2.83. The average Bonchev–Trinajstić information content (AvgIpc) is 2.23. The van der Waals surface area contributed by atoms with Crippen LogP contribution in [0.3, 0.4) is 0 Å². The van der Waals surface area contributed by atoms with Gasteiger partial charge in [0, 0.05) is 19.6 Å². The lowest BCUT2D eigenvalue weighted by Gasteiger charge is -2.44. The minimum Gasteiger partial charge on any atom is -0.350 e. The average molecular weight is 213 g/mol. The SMILES string of the molecule is NC(=O)N1NC(=O)C(=O)N2CCNCC21. The van der Waals surface area contributed by atoms with Gasteiger partial charge in [-0.05, 0) is 0 Å². The van der Waals surface area contributed by atoms with Gasteiger partial charge in [0.2, 0.25) is 0 Å². The summed E-state index contributed by atoms with van der Waals surface area (Å²) >= 11 is 0. The Kier molecular flexibility index (Phi) is 2.19. The molecule has 82 valence electrons. The molecule has 2 rings (SSSR count). The first-order chi connectivity index (χ1) is 7.11. The summed E-state index contributed by atoms with van der Waals surface area (Å²) in [5, 5.41) is 3.98. The van der Waals surface area contributed by atoms with E-state index in [2.05, 4.69) is 10.7 Å². The third-order valence-corrected chi connectivity index (χ3v) is 2.43. The molecule has 0 saturated carbocycles. The Morgan fingerprint density at radius 2 is 2.20 bits per heavy atom. The van der Waals surface area contributed by atoms with Gasteiger partial charge >= 0.3 is 17.8 Å². The fourth-order valence-corrected chi connectivity index (χ4v) is 1.72. The normalized spacial score (nSPS) is 26.0. The van der Waals surface area contributed by atoms with Gasteiger partial charge in [-0.25, -0.2) is 9.80 Å². The molecule has 0 aromatic heterocycles. The predicted molar refractivity (Wildman–Crippen MR) is 47.9 cm³/mol. The van der Waals surface area contributed by atoms with Crippen molar-refractivity contribution in [2.24, 2.45) is 5.73 Å². The second-order valence-electron chi connectivity index (χ2n) is 3.33. The zero-order chi connectivity index (χ0) is 11.0. The molecule has 15 heavy (non-hydrogen) atoms. The van der Waals surface area contributed by atoms with E-state index < -0.39 is 24.0 Å². The number of amides is 4. The lowest BCUT2D eigenvalue weighted by molar-refractivity contribution is -0.161. The molecule has 0 spiro atoms. The number of hydrogen-bond donors (Lipinski definition) is 3. The maximum atomic E-state index is 11.4. The molecule has 1 unspecified atom stereocenters. The molecule has 2 aliphatic heterocycles. The smallest absolute Gasteiger partial charge is 0.335 e. The number of carbonyl (C=O) groups is 3. The molecule has 8 nitrogen and oxygen atoms in total. The quantitative estimate of drug-likeness (QED) is 0.377. The number of piperazine rings is 1. The highest BCUT2D eigenvalue weighted by Crippen LogP contribution is 2.11. The number of nitrogens with one attached hydrogen (secondary N) is 2. The molecule has 0 radical (unpaired) electrons. The molecule has 4 amide bonds. The van der Waals surface area contributed by atoms with Crippen molar-refractivity contribution in [2.75, 3.05) is 19.6 Å². The first-order valence-electron chi connectivity index (χ1n) is 4.52. The van der Waals surface area contributed by atoms with Crippen molar-refractivity contribution >= 4 is 17.8 Å². The van der Waals surface area contributed by atoms with E-state index in [0.29, 0.717) is 19.6 Å². The number of nitrogens with zero attached hydrogens (tertiary/aromatic N) is 2. The summed E-state index contributed by atoms with van der Waals surface area (Å²) in [4.78, 5) is 35.0. The zero-order valence-electron chi connectivity index (χ0n) is 7.90. The van der Waals surface area contributed by atoms with E-state index in [1.165, 1.54) is 4.90 Å². The van der Waals surface area contributed by atoms with E-state index >= 15 is 0 Å². The minimum atomic E-state index is -0.827. The molecule has 2 heterocycles. The van der Waals surface area contributed by atoms with Crippen molar-refractivity contribution in [3.8, 4) is 0 Å². The Morgan fingerprint density at radius 3 is 2.87 bits per heavy atom. The highest BCUT2D eigenvalue weighted by atomic mass is 16.2. The molecular weight excluding hydrogens is 202 g/mol. The van der Waals surface area contributed by atoms with Crippen molar-refractivity contribution in [3.05, 3.63) is 0 Å². The number of urea groups is 1. The maximum Gasteiger partial charge on any atom is 0.335 e. The molecule has 0 aromatic carbocycles. The summed E-state index contributed by atoms with van der Waals surface area (Å²) in [5.74, 6) is -1.45. The number of nitrogens with two attached hydrogens (primary N) is 1. The molecule has 2 saturated heterocycles. The van der Waals surface area contributed by atoms with E-state index in [0.717, 1.165) is 5.01 Å². The fraction of sp³-hybridized carbons (Fsp3) is 0.571. The van der Waals surface area contributed by atoms with Crippen molar-refractivity contribution in [1.82, 2.24) is 20.7 Å². The van der Waals surface area contributed by atoms with Gasteiger partial charge in [0.05, 0.1) is 0 Å². The molecule has 8 heteroatoms. The Bertz CT molecular complexity index is 329. The summed E-state index contributed by atoms with van der Waals surface area (Å²) in [6.07, 6.45) is -0.526. The van der Waals surface area contributed by atoms with Gasteiger partial charge in [0.15, 0.2) is 0 Å². The first kappa shape index (κ1) is 9.71. The topological polar surface area (TPSA) is 108 Å². The monoisotopic (exact) mass is 213 g/mol. The van der Waals surface area contributed by atoms with Crippen LogP contribution in [-0.2, 0) is 9.59 Å². The lowest BCUT2D eigenvalue weighted by atomic mass is 10.2. The third kappa shape index (κ3) is 1.48. The van der Waals surface area contributed by atoms with Gasteiger partial charge in [-0.1, -0.05) is 0 Å². The standard InChI is InChI=1S/C7H11N5O3/c8-7(15)12-4-3-9-1-2-11(4)6(14)5(13)10-12/h4,9H,1-3H2,(H2,8,15)(H,10,13). The van der Waals surface area contributed by atoms with Crippen LogP contribution < -0.4 is 16.5 Å². The molecule has 0 bridgehead atoms. The first-order valence-corrected chi connectivity index (χ1v) is 4.52. The fourth-order valence-electron chi connectivity index (χ4n) is 1.72. The van der Waals surface area contributed by atoms with Crippen LogP contribution in [0.1, 0.15) is 0 Å². The van der Waals surface area contributed by atoms with Crippen LogP contribution in [-0.4, -0.2) is 53.6 Å². The number of fused-ring (bicyclic) bond motifs is 1. The number of hydrazine groups is 1. The van der Waals surface area contributed by atoms with Crippen LogP contribution in [0.2, 0.25) is 0 Å². The van der Waals surface area contributed by atoms with E-state index in [1.807, 2.05) is 0 Å². The lowest BCUT2D eigenvalue weighted by Crippen LogP contribution is -2.73. The highest BCUT2D eigenvalue weighted by Gasteiger charge is 2.41. The third-order valence-electron chi connectivity index (χ3n) is 2.43. The Hall–Kier alpha value is -1.83. The molecule has 2 fully saturated rings. The van der Waals surface area contributed by atoms with Gasteiger partial charge in [-0.2, -0.15) is 0 Å². The number of rotatable bonds is 0. The van der Waals surface area contributed by atoms with Crippen LogP contribution in [0.5, 0.6) is 0 Å². The van der Waals surface area contributed by atoms with Crippen molar-refractivity contribution in [3.63, 3.8) is 0 Å². The van der Waals surface area contributed by atoms with E-state index in [4.69, 9.17) is 5.73 Å². The van der Waals surface area contributed by atoms with E-state index in [1.54, 1.807) is 0 Å². The summed E-state index contributed by atoms with van der Waals surface area (Å²) in [6.45, 7) is 1.39. The zero-order valence-corrected chi connectivity index (χ0v) is 7.90. The number of primary amides is 1. The van der Waals surface area contributed by atoms with Crippen molar-refractivity contribution in [2.45, 2.75) is 6.17 Å². The molecule has 2 aliphatic rings. The molecular formula is C7H11N5O3. The van der Waals surface area contributed by atoms with Crippen molar-refractivity contribution < 1.29 is 14.4 Å². The second-order valence-corrected chi connectivity index (χ2v) is 3.33. The molecule has 4 N–H and O–H groups in total. The van der Waals surface area contributed by atoms with Crippen LogP contribution >= 0.6 is 0 Å². The van der Waals surface area contributed by atoms with Crippen LogP contribution in [0, 0.1) is 0 Å². The highest BCUT2D eigenvalue weighted by molar-refractivity contribution is 6.35. The van der Waals surface area contributed by atoms with Crippen LogP contribution in [0.4, 0.5) is 4.79 Å². The van der Waals surface area contributed by atoms with Gasteiger partial charge in [-0.3, -0.25) is 15.0 Å². The van der Waals surface area contributed by atoms with Gasteiger partial charge < -0.3 is 16.0 Å². The summed E-state index contributed by atoms with van der Waals surface area (Å²) in [5.41, 5.74) is 7.24. The minimum absolute atomic E-state index is 0.390. The Labute approximate surface area is 85.3 Å². The summed E-state index contributed by atoms with van der Waals surface area (Å²) in [6, 6.07) is -0.783. The number of hydrogen-bond acceptors (Lipinski definition) is 4. The molecule has 1 atom stereocenters. The van der Waals surface area contributed by atoms with Crippen molar-refractivity contribution in [1.29, 1.82) is 0 Å². The van der Waals surface area contributed by atoms with Crippen LogP contribution in [0.15, 0.2) is 0 Å². The summed E-state index contributed by atoms with van der Waals surface area (Å²) in [7, 11) is 0. The molecule has 0 aliphatic carbocycles. The van der Waals surface area contributed by atoms with Gasteiger partial charge in [0.25, 0.3) is 0 Å². The Morgan fingerprint density at radius 1 is 1.47 bits per heavy atom. The van der Waals surface area contributed by atoms with E-state index in [9.17, 15) is 14.4 Å². The largest absolute Gasteiger partial charge is 0.350 e. The van der Waals surface area contributed by atoms with E-state index in [-0.39, 0.29) is 0 Å². The van der Waals surface area contributed by atoms with Crippen LogP contribution in [0.25, 0.3) is 0 Å². The molecule has 0 aromatic rings. The Balaban J connectivity index is 2.25. The van der Waals surface area contributed by atoms with Gasteiger partial charge in [0.1, 0.15) is 6.17 Å². The van der Waals surface area contributed by atoms with Gasteiger partial charge in [-0.15, -0.1) is 0 Å². The summed E-state index contributed by atoms with van der Waals surface area (Å²) < 4.78 is 0. The maximum absolute atomic E-state index is 11.4.